The number of rotatable bonds is 8. The number of ether oxygens (including phenoxy) is 2. The van der Waals surface area contributed by atoms with Crippen LogP contribution in [0.4, 0.5) is 4.39 Å². The summed E-state index contributed by atoms with van der Waals surface area (Å²) >= 11 is 0. The number of carbonyl (C=O) groups is 1. The Bertz CT molecular complexity index is 1150. The maximum Gasteiger partial charge on any atom is 0.235 e. The Hall–Kier alpha value is -2.84. The van der Waals surface area contributed by atoms with Gasteiger partial charge in [0, 0.05) is 48.7 Å². The van der Waals surface area contributed by atoms with E-state index in [0.29, 0.717) is 42.2 Å². The van der Waals surface area contributed by atoms with E-state index >= 15 is 0 Å². The van der Waals surface area contributed by atoms with Gasteiger partial charge in [0.25, 0.3) is 0 Å². The van der Waals surface area contributed by atoms with Gasteiger partial charge < -0.3 is 14.6 Å². The van der Waals surface area contributed by atoms with Crippen molar-refractivity contribution < 1.29 is 23.8 Å². The number of carbonyl (C=O) groups excluding carboxylic acids is 1. The smallest absolute Gasteiger partial charge is 0.235 e. The van der Waals surface area contributed by atoms with E-state index in [1.54, 1.807) is 31.3 Å². The van der Waals surface area contributed by atoms with Crippen LogP contribution >= 0.6 is 0 Å². The molecule has 0 saturated carbocycles. The lowest BCUT2D eigenvalue weighted by atomic mass is 9.77. The number of hydrogen-bond acceptors (Lipinski definition) is 6. The number of aromatic nitrogens is 3. The second kappa shape index (κ2) is 9.19. The molecule has 3 atom stereocenters. The number of aliphatic hydroxyl groups excluding tert-OH is 1. The fraction of sp³-hybridized carbons (Fsp3) is 0.480. The Labute approximate surface area is 192 Å². The molecule has 1 aliphatic rings. The summed E-state index contributed by atoms with van der Waals surface area (Å²) in [5.74, 6) is 0.324. The predicted molar refractivity (Wildman–Crippen MR) is 123 cm³/mol. The monoisotopic (exact) mass is 455 g/mol. The molecule has 0 amide bonds. The number of nitrogens with zero attached hydrogens (tertiary/aromatic N) is 3. The van der Waals surface area contributed by atoms with Gasteiger partial charge in [-0.3, -0.25) is 14.5 Å². The Kier molecular flexibility index (Phi) is 6.50. The number of ketones is 1. The zero-order chi connectivity index (χ0) is 23.8. The molecule has 0 bridgehead atoms. The van der Waals surface area contributed by atoms with Crippen molar-refractivity contribution in [2.45, 2.75) is 59.0 Å². The molecule has 1 N–H and O–H groups in total. The van der Waals surface area contributed by atoms with Crippen molar-refractivity contribution in [3.05, 3.63) is 42.1 Å². The topological polar surface area (TPSA) is 86.5 Å². The van der Waals surface area contributed by atoms with Gasteiger partial charge in [-0.05, 0) is 45.4 Å². The van der Waals surface area contributed by atoms with E-state index in [-0.39, 0.29) is 18.2 Å². The highest BCUT2D eigenvalue weighted by atomic mass is 19.1. The molecule has 2 aromatic heterocycles. The molecule has 0 spiro atoms. The molecule has 3 heterocycles. The Morgan fingerprint density at radius 1 is 1.30 bits per heavy atom. The van der Waals surface area contributed by atoms with Crippen molar-refractivity contribution in [2.24, 2.45) is 5.41 Å². The van der Waals surface area contributed by atoms with Crippen LogP contribution in [-0.4, -0.2) is 51.3 Å². The summed E-state index contributed by atoms with van der Waals surface area (Å²) < 4.78 is 25.8. The van der Waals surface area contributed by atoms with Crippen LogP contribution in [-0.2, 0) is 4.74 Å². The number of benzene rings is 1. The van der Waals surface area contributed by atoms with Gasteiger partial charge in [0.05, 0.1) is 18.2 Å². The van der Waals surface area contributed by atoms with Gasteiger partial charge in [-0.1, -0.05) is 12.1 Å². The average molecular weight is 456 g/mol. The normalized spacial score (nSPS) is 20.3. The standard InChI is InChI=1S/C25H30FN3O4/c1-15(2)29-21-11-19(22(31)12-25(16(3)30)8-9-32-14-25)13-27-24(21)23(28-29)18-6-5-7-20(10-18)33-17(4)26/h5-7,10-11,13,15-17,30H,8-9,12,14H2,1-4H3/t16-,17?,25+/m1/s1. The van der Waals surface area contributed by atoms with Crippen LogP contribution in [0.5, 0.6) is 5.75 Å². The van der Waals surface area contributed by atoms with E-state index in [1.807, 2.05) is 30.7 Å². The number of pyridine rings is 1. The van der Waals surface area contributed by atoms with E-state index < -0.39 is 17.9 Å². The van der Waals surface area contributed by atoms with Crippen LogP contribution in [0, 0.1) is 5.41 Å². The number of Topliss-reactive ketones (excluding diaryl/α,β-unsaturated/α-hetero) is 1. The van der Waals surface area contributed by atoms with Gasteiger partial charge in [0.2, 0.25) is 6.36 Å². The molecule has 1 unspecified atom stereocenters. The maximum atomic E-state index is 13.3. The highest BCUT2D eigenvalue weighted by molar-refractivity contribution is 6.00. The van der Waals surface area contributed by atoms with Gasteiger partial charge in [-0.15, -0.1) is 0 Å². The molecule has 1 aromatic carbocycles. The summed E-state index contributed by atoms with van der Waals surface area (Å²) in [6, 6.07) is 8.92. The average Bonchev–Trinajstić information content (AvgIpc) is 3.38. The maximum absolute atomic E-state index is 13.3. The lowest BCUT2D eigenvalue weighted by Gasteiger charge is -2.29. The molecular weight excluding hydrogens is 425 g/mol. The van der Waals surface area contributed by atoms with Crippen molar-refractivity contribution in [1.29, 1.82) is 0 Å². The molecule has 0 radical (unpaired) electrons. The Balaban J connectivity index is 1.73. The minimum atomic E-state index is -1.42. The Morgan fingerprint density at radius 2 is 2.09 bits per heavy atom. The third-order valence-corrected chi connectivity index (χ3v) is 6.30. The van der Waals surface area contributed by atoms with Crippen molar-refractivity contribution in [1.82, 2.24) is 14.8 Å². The van der Waals surface area contributed by atoms with Crippen molar-refractivity contribution in [3.8, 4) is 17.0 Å². The fourth-order valence-electron chi connectivity index (χ4n) is 4.33. The van der Waals surface area contributed by atoms with Crippen molar-refractivity contribution in [2.75, 3.05) is 13.2 Å². The highest BCUT2D eigenvalue weighted by Gasteiger charge is 2.41. The molecule has 33 heavy (non-hydrogen) atoms. The summed E-state index contributed by atoms with van der Waals surface area (Å²) in [6.07, 6.45) is 0.343. The zero-order valence-corrected chi connectivity index (χ0v) is 19.4. The molecule has 3 aromatic rings. The first-order valence-corrected chi connectivity index (χ1v) is 11.3. The van der Waals surface area contributed by atoms with E-state index in [4.69, 9.17) is 14.6 Å². The SMILES string of the molecule is CC(F)Oc1cccc(-c2nn(C(C)C)c3cc(C(=O)C[C@@]4([C@@H](C)O)CCOC4)cnc23)c1. The summed E-state index contributed by atoms with van der Waals surface area (Å²) in [6.45, 7) is 7.97. The number of fused-ring (bicyclic) bond motifs is 1. The van der Waals surface area contributed by atoms with E-state index in [1.165, 1.54) is 6.92 Å². The van der Waals surface area contributed by atoms with Gasteiger partial charge >= 0.3 is 0 Å². The quantitative estimate of drug-likeness (QED) is 0.494. The lowest BCUT2D eigenvalue weighted by molar-refractivity contribution is 0.0213. The highest BCUT2D eigenvalue weighted by Crippen LogP contribution is 2.38. The molecule has 1 aliphatic heterocycles. The van der Waals surface area contributed by atoms with Crippen molar-refractivity contribution >= 4 is 16.8 Å². The minimum absolute atomic E-state index is 0.0331. The van der Waals surface area contributed by atoms with E-state index in [2.05, 4.69) is 4.98 Å². The van der Waals surface area contributed by atoms with Crippen LogP contribution in [0.25, 0.3) is 22.3 Å². The first-order valence-electron chi connectivity index (χ1n) is 11.3. The second-order valence-electron chi connectivity index (χ2n) is 9.11. The van der Waals surface area contributed by atoms with Crippen LogP contribution in [0.1, 0.15) is 56.9 Å². The van der Waals surface area contributed by atoms with Gasteiger partial charge in [-0.2, -0.15) is 5.10 Å². The molecule has 4 rings (SSSR count). The van der Waals surface area contributed by atoms with Crippen molar-refractivity contribution in [3.63, 3.8) is 0 Å². The van der Waals surface area contributed by atoms with Crippen LogP contribution in [0.3, 0.4) is 0 Å². The molecule has 0 aliphatic carbocycles. The fourth-order valence-corrected chi connectivity index (χ4v) is 4.33. The number of aliphatic hydroxyl groups is 1. The number of halogens is 1. The summed E-state index contributed by atoms with van der Waals surface area (Å²) in [7, 11) is 0. The molecule has 1 fully saturated rings. The molecule has 1 saturated heterocycles. The minimum Gasteiger partial charge on any atom is -0.461 e. The van der Waals surface area contributed by atoms with Gasteiger partial charge in [-0.25, -0.2) is 4.39 Å². The van der Waals surface area contributed by atoms with E-state index in [0.717, 1.165) is 11.1 Å². The molecule has 176 valence electrons. The van der Waals surface area contributed by atoms with Crippen LogP contribution < -0.4 is 4.74 Å². The third kappa shape index (κ3) is 4.63. The zero-order valence-electron chi connectivity index (χ0n) is 19.4. The largest absolute Gasteiger partial charge is 0.461 e. The van der Waals surface area contributed by atoms with Gasteiger partial charge in [0.1, 0.15) is 17.0 Å². The van der Waals surface area contributed by atoms with Crippen LogP contribution in [0.15, 0.2) is 36.5 Å². The molecule has 8 heteroatoms. The first-order chi connectivity index (χ1) is 15.7. The third-order valence-electron chi connectivity index (χ3n) is 6.30. The predicted octanol–water partition coefficient (Wildman–Crippen LogP) is 4.73. The summed E-state index contributed by atoms with van der Waals surface area (Å²) in [4.78, 5) is 17.8. The molecule has 7 nitrogen and oxygen atoms in total. The van der Waals surface area contributed by atoms with E-state index in [9.17, 15) is 14.3 Å². The number of hydrogen-bond donors (Lipinski definition) is 1. The van der Waals surface area contributed by atoms with Crippen LogP contribution in [0.2, 0.25) is 0 Å². The first kappa shape index (κ1) is 23.3. The van der Waals surface area contributed by atoms with Gasteiger partial charge in [0.15, 0.2) is 5.78 Å². The summed E-state index contributed by atoms with van der Waals surface area (Å²) in [5.41, 5.74) is 2.69. The summed E-state index contributed by atoms with van der Waals surface area (Å²) in [5, 5.41) is 15.1. The molecular formula is C25H30FN3O4. The number of alkyl halides is 1. The second-order valence-corrected chi connectivity index (χ2v) is 9.11. The lowest BCUT2D eigenvalue weighted by Crippen LogP contribution is -2.36. The Morgan fingerprint density at radius 3 is 2.73 bits per heavy atom.